The highest BCUT2D eigenvalue weighted by Crippen LogP contribution is 2.11. The molecule has 0 aromatic carbocycles. The number of likely N-dealkylation sites (N-methyl/N-ethyl adjacent to an activating group) is 1. The lowest BCUT2D eigenvalue weighted by atomic mass is 10.1. The van der Waals surface area contributed by atoms with E-state index >= 15 is 0 Å². The predicted molar refractivity (Wildman–Crippen MR) is 227 cm³/mol. The van der Waals surface area contributed by atoms with Crippen LogP contribution in [0.2, 0.25) is 0 Å². The van der Waals surface area contributed by atoms with Gasteiger partial charge < -0.3 is 39.8 Å². The van der Waals surface area contributed by atoms with Crippen LogP contribution in [0.25, 0.3) is 0 Å². The third-order valence-corrected chi connectivity index (χ3v) is 10.0. The second kappa shape index (κ2) is 42.3. The number of unbranched alkanes of at least 4 members (excludes halogenated alkanes) is 18. The molecular formula is C44H86N4O8. The van der Waals surface area contributed by atoms with E-state index in [0.29, 0.717) is 65.7 Å². The van der Waals surface area contributed by atoms with Gasteiger partial charge in [-0.25, -0.2) is 0 Å². The summed E-state index contributed by atoms with van der Waals surface area (Å²) in [5.41, 5.74) is 0. The molecule has 0 fully saturated rings. The predicted octanol–water partition coefficient (Wildman–Crippen LogP) is 7.34. The van der Waals surface area contributed by atoms with Crippen LogP contribution in [0.4, 0.5) is 0 Å². The van der Waals surface area contributed by atoms with Crippen LogP contribution in [0.1, 0.15) is 175 Å². The highest BCUT2D eigenvalue weighted by Gasteiger charge is 2.16. The molecule has 12 nitrogen and oxygen atoms in total. The summed E-state index contributed by atoms with van der Waals surface area (Å²) in [4.78, 5) is 53.6. The maximum atomic E-state index is 12.9. The van der Waals surface area contributed by atoms with Crippen molar-refractivity contribution in [3.05, 3.63) is 0 Å². The smallest absolute Gasteiger partial charge is 0.223 e. The number of aliphatic hydroxyl groups excluding tert-OH is 1. The van der Waals surface area contributed by atoms with Gasteiger partial charge in [-0.15, -0.1) is 0 Å². The van der Waals surface area contributed by atoms with E-state index in [-0.39, 0.29) is 69.1 Å². The van der Waals surface area contributed by atoms with Crippen LogP contribution in [0.3, 0.4) is 0 Å². The Morgan fingerprint density at radius 3 is 1.14 bits per heavy atom. The fraction of sp³-hybridized carbons (Fsp3) is 0.909. The van der Waals surface area contributed by atoms with E-state index in [9.17, 15) is 19.2 Å². The minimum absolute atomic E-state index is 0.0549. The van der Waals surface area contributed by atoms with E-state index in [1.165, 1.54) is 103 Å². The molecule has 0 unspecified atom stereocenters. The molecule has 56 heavy (non-hydrogen) atoms. The van der Waals surface area contributed by atoms with Crippen LogP contribution in [0.5, 0.6) is 0 Å². The largest absolute Gasteiger partial charge is 0.394 e. The molecule has 0 aliphatic heterocycles. The zero-order valence-electron chi connectivity index (χ0n) is 36.4. The molecule has 0 spiro atoms. The summed E-state index contributed by atoms with van der Waals surface area (Å²) >= 11 is 0. The van der Waals surface area contributed by atoms with E-state index in [4.69, 9.17) is 19.3 Å². The lowest BCUT2D eigenvalue weighted by Gasteiger charge is -2.23. The summed E-state index contributed by atoms with van der Waals surface area (Å²) in [6.45, 7) is 11.2. The third-order valence-electron chi connectivity index (χ3n) is 10.0. The number of rotatable bonds is 43. The summed E-state index contributed by atoms with van der Waals surface area (Å²) in [7, 11) is 0. The number of amides is 4. The Morgan fingerprint density at radius 1 is 0.429 bits per heavy atom. The van der Waals surface area contributed by atoms with Crippen molar-refractivity contribution in [3.8, 4) is 0 Å². The SMILES string of the molecule is CCCCCCCCCCCCNC(=O)CCC(=O)N(CC)CCOCCOCCN(CCOCCO)C(=O)CCC(=O)NCCCCCCCCCCCC. The maximum absolute atomic E-state index is 12.9. The molecule has 0 aromatic rings. The zero-order chi connectivity index (χ0) is 41.2. The van der Waals surface area contributed by atoms with Crippen molar-refractivity contribution < 1.29 is 38.5 Å². The Balaban J connectivity index is 4.10. The summed E-state index contributed by atoms with van der Waals surface area (Å²) < 4.78 is 16.8. The summed E-state index contributed by atoms with van der Waals surface area (Å²) in [6.07, 6.45) is 25.6. The standard InChI is InChI=1S/C44H86N4O8/c1-4-7-9-11-13-15-17-19-21-23-29-45-41(50)25-27-43(52)47(6-3)31-35-55-39-40-56-37-33-48(32-36-54-38-34-49)44(53)28-26-42(51)46-30-24-22-20-18-16-14-12-10-8-5-2/h49H,4-40H2,1-3H3,(H,45,50)(H,46,51). The van der Waals surface area contributed by atoms with Gasteiger partial charge in [0.05, 0.1) is 46.2 Å². The van der Waals surface area contributed by atoms with Crippen molar-refractivity contribution in [2.24, 2.45) is 0 Å². The molecule has 330 valence electrons. The van der Waals surface area contributed by atoms with Crippen LogP contribution < -0.4 is 10.6 Å². The molecule has 0 atom stereocenters. The van der Waals surface area contributed by atoms with E-state index in [0.717, 1.165) is 25.7 Å². The molecule has 0 aliphatic rings. The number of carbonyl (C=O) groups excluding carboxylic acids is 4. The average molecular weight is 799 g/mol. The lowest BCUT2D eigenvalue weighted by Crippen LogP contribution is -2.37. The molecule has 12 heteroatoms. The fourth-order valence-corrected chi connectivity index (χ4v) is 6.45. The van der Waals surface area contributed by atoms with E-state index < -0.39 is 0 Å². The number of hydrogen-bond donors (Lipinski definition) is 3. The van der Waals surface area contributed by atoms with Crippen LogP contribution in [0.15, 0.2) is 0 Å². The van der Waals surface area contributed by atoms with Crippen LogP contribution >= 0.6 is 0 Å². The number of hydrogen-bond acceptors (Lipinski definition) is 8. The molecular weight excluding hydrogens is 713 g/mol. The third kappa shape index (κ3) is 36.1. The monoisotopic (exact) mass is 799 g/mol. The molecule has 0 saturated carbocycles. The highest BCUT2D eigenvalue weighted by atomic mass is 16.5. The van der Waals surface area contributed by atoms with E-state index in [1.807, 2.05) is 6.92 Å². The van der Waals surface area contributed by atoms with Crippen molar-refractivity contribution in [1.82, 2.24) is 20.4 Å². The van der Waals surface area contributed by atoms with Crippen molar-refractivity contribution >= 4 is 23.6 Å². The summed E-state index contributed by atoms with van der Waals surface area (Å²) in [5.74, 6) is -0.372. The minimum atomic E-state index is -0.137. The quantitative estimate of drug-likeness (QED) is 0.0544. The molecule has 0 heterocycles. The van der Waals surface area contributed by atoms with E-state index in [1.54, 1.807) is 9.80 Å². The van der Waals surface area contributed by atoms with Crippen LogP contribution in [-0.2, 0) is 33.4 Å². The first-order valence-corrected chi connectivity index (χ1v) is 22.8. The maximum Gasteiger partial charge on any atom is 0.223 e. The Bertz CT molecular complexity index is 925. The number of ether oxygens (including phenoxy) is 3. The van der Waals surface area contributed by atoms with Gasteiger partial charge in [0.2, 0.25) is 23.6 Å². The minimum Gasteiger partial charge on any atom is -0.394 e. The van der Waals surface area contributed by atoms with Crippen LogP contribution in [-0.4, -0.2) is 124 Å². The Morgan fingerprint density at radius 2 is 0.768 bits per heavy atom. The molecule has 4 amide bonds. The number of aliphatic hydroxyl groups is 1. The van der Waals surface area contributed by atoms with Crippen molar-refractivity contribution in [2.45, 2.75) is 175 Å². The molecule has 0 radical (unpaired) electrons. The Hall–Kier alpha value is -2.28. The molecule has 0 aliphatic carbocycles. The first kappa shape index (κ1) is 53.7. The van der Waals surface area contributed by atoms with Gasteiger partial charge in [0.1, 0.15) is 0 Å². The first-order chi connectivity index (χ1) is 27.4. The highest BCUT2D eigenvalue weighted by molar-refractivity contribution is 5.84. The molecule has 3 N–H and O–H groups in total. The second-order valence-electron chi connectivity index (χ2n) is 15.0. The van der Waals surface area contributed by atoms with Gasteiger partial charge in [-0.2, -0.15) is 0 Å². The van der Waals surface area contributed by atoms with Gasteiger partial charge in [0.25, 0.3) is 0 Å². The normalized spacial score (nSPS) is 11.1. The van der Waals surface area contributed by atoms with Gasteiger partial charge in [0, 0.05) is 65.0 Å². The number of nitrogens with zero attached hydrogens (tertiary/aromatic N) is 2. The Kier molecular flexibility index (Phi) is 40.6. The van der Waals surface area contributed by atoms with Gasteiger partial charge >= 0.3 is 0 Å². The van der Waals surface area contributed by atoms with Gasteiger partial charge in [-0.05, 0) is 19.8 Å². The van der Waals surface area contributed by atoms with Gasteiger partial charge in [-0.3, -0.25) is 19.2 Å². The zero-order valence-corrected chi connectivity index (χ0v) is 36.4. The number of carbonyl (C=O) groups is 4. The van der Waals surface area contributed by atoms with Gasteiger partial charge in [-0.1, -0.05) is 129 Å². The summed E-state index contributed by atoms with van der Waals surface area (Å²) in [5, 5.41) is 14.9. The van der Waals surface area contributed by atoms with E-state index in [2.05, 4.69) is 24.5 Å². The topological polar surface area (TPSA) is 147 Å². The number of nitrogens with one attached hydrogen (secondary N) is 2. The van der Waals surface area contributed by atoms with Gasteiger partial charge in [0.15, 0.2) is 0 Å². The van der Waals surface area contributed by atoms with Crippen LogP contribution in [0, 0.1) is 0 Å². The Labute approximate surface area is 342 Å². The average Bonchev–Trinajstić information content (AvgIpc) is 3.20. The first-order valence-electron chi connectivity index (χ1n) is 22.8. The molecule has 0 rings (SSSR count). The molecule has 0 saturated heterocycles. The van der Waals surface area contributed by atoms with Crippen molar-refractivity contribution in [2.75, 3.05) is 85.5 Å². The molecule has 0 bridgehead atoms. The van der Waals surface area contributed by atoms with Crippen molar-refractivity contribution in [1.29, 1.82) is 0 Å². The summed E-state index contributed by atoms with van der Waals surface area (Å²) in [6, 6.07) is 0. The second-order valence-corrected chi connectivity index (χ2v) is 15.0. The van der Waals surface area contributed by atoms with Crippen molar-refractivity contribution in [3.63, 3.8) is 0 Å². The molecule has 0 aromatic heterocycles. The fourth-order valence-electron chi connectivity index (χ4n) is 6.45. The lowest BCUT2D eigenvalue weighted by molar-refractivity contribution is -0.135.